The van der Waals surface area contributed by atoms with Crippen molar-refractivity contribution >= 4 is 34.5 Å². The summed E-state index contributed by atoms with van der Waals surface area (Å²) in [5.41, 5.74) is -0.0436. The number of aromatic nitrogens is 2. The van der Waals surface area contributed by atoms with Crippen LogP contribution in [0.1, 0.15) is 17.3 Å². The van der Waals surface area contributed by atoms with Gasteiger partial charge in [0.05, 0.1) is 12.9 Å². The van der Waals surface area contributed by atoms with Gasteiger partial charge in [-0.3, -0.25) is 4.72 Å². The molecule has 1 fully saturated rings. The summed E-state index contributed by atoms with van der Waals surface area (Å²) in [7, 11) is -3.62. The molecule has 9 nitrogen and oxygen atoms in total. The van der Waals surface area contributed by atoms with Gasteiger partial charge in [0.25, 0.3) is 6.71 Å². The first kappa shape index (κ1) is 18.0. The minimum absolute atomic E-state index is 0.00803. The number of carbonyl (C=O) groups excluding carboxylic acids is 1. The number of nitriles is 1. The van der Waals surface area contributed by atoms with Gasteiger partial charge in [0.15, 0.2) is 5.82 Å². The number of carbonyl (C=O) groups is 1. The van der Waals surface area contributed by atoms with Crippen molar-refractivity contribution in [2.45, 2.75) is 19.6 Å². The molecule has 1 aromatic rings. The Kier molecular flexibility index (Phi) is 5.61. The largest absolute Gasteiger partial charge is 0.462 e. The Bertz CT molecular complexity index is 756. The summed E-state index contributed by atoms with van der Waals surface area (Å²) in [4.78, 5) is 22.1. The van der Waals surface area contributed by atoms with Gasteiger partial charge in [-0.1, -0.05) is 0 Å². The molecule has 1 aliphatic rings. The summed E-state index contributed by atoms with van der Waals surface area (Å²) in [6.45, 7) is 3.00. The van der Waals surface area contributed by atoms with Gasteiger partial charge in [-0.15, -0.1) is 0 Å². The molecule has 2 heterocycles. The molecule has 0 radical (unpaired) electrons. The van der Waals surface area contributed by atoms with Crippen LogP contribution in [0.15, 0.2) is 6.20 Å². The summed E-state index contributed by atoms with van der Waals surface area (Å²) >= 11 is 0. The van der Waals surface area contributed by atoms with Crippen molar-refractivity contribution in [1.29, 1.82) is 5.26 Å². The number of hydrogen-bond acceptors (Lipinski definition) is 8. The van der Waals surface area contributed by atoms with E-state index in [1.165, 1.54) is 6.20 Å². The molecule has 0 spiro atoms. The van der Waals surface area contributed by atoms with E-state index in [2.05, 4.69) is 20.7 Å². The quantitative estimate of drug-likeness (QED) is 0.597. The van der Waals surface area contributed by atoms with Crippen LogP contribution in [0, 0.1) is 11.2 Å². The average molecular weight is 351 g/mol. The van der Waals surface area contributed by atoms with E-state index in [1.54, 1.807) is 6.92 Å². The van der Waals surface area contributed by atoms with Crippen molar-refractivity contribution in [3.63, 3.8) is 0 Å². The van der Waals surface area contributed by atoms with E-state index in [0.717, 1.165) is 6.26 Å². The van der Waals surface area contributed by atoms with Gasteiger partial charge in [0, 0.05) is 25.3 Å². The summed E-state index contributed by atoms with van der Waals surface area (Å²) in [6, 6.07) is 0. The van der Waals surface area contributed by atoms with Crippen LogP contribution >= 0.6 is 0 Å². The van der Waals surface area contributed by atoms with Gasteiger partial charge >= 0.3 is 5.97 Å². The third kappa shape index (κ3) is 4.58. The molecule has 0 atom stereocenters. The predicted molar refractivity (Wildman–Crippen MR) is 89.6 cm³/mol. The van der Waals surface area contributed by atoms with Crippen LogP contribution < -0.4 is 9.62 Å². The zero-order valence-electron chi connectivity index (χ0n) is 13.5. The number of esters is 1. The first-order valence-corrected chi connectivity index (χ1v) is 9.39. The van der Waals surface area contributed by atoms with E-state index in [1.807, 2.05) is 4.90 Å². The minimum atomic E-state index is -3.62. The molecule has 128 valence electrons. The number of anilines is 2. The number of hydrogen-bond donors (Lipinski definition) is 1. The molecule has 1 saturated heterocycles. The molecule has 0 aromatic carbocycles. The topological polar surface area (TPSA) is 125 Å². The Balaban J connectivity index is 2.30. The van der Waals surface area contributed by atoms with Crippen LogP contribution in [0.2, 0.25) is 12.6 Å². The van der Waals surface area contributed by atoms with Crippen molar-refractivity contribution in [2.24, 2.45) is 0 Å². The molecule has 1 aromatic heterocycles. The molecule has 24 heavy (non-hydrogen) atoms. The van der Waals surface area contributed by atoms with Crippen LogP contribution in [0.3, 0.4) is 0 Å². The Morgan fingerprint density at radius 1 is 1.50 bits per heavy atom. The van der Waals surface area contributed by atoms with E-state index < -0.39 is 16.0 Å². The maximum Gasteiger partial charge on any atom is 0.343 e. The third-order valence-electron chi connectivity index (χ3n) is 3.51. The number of rotatable bonds is 5. The zero-order chi connectivity index (χ0) is 17.7. The Labute approximate surface area is 141 Å². The van der Waals surface area contributed by atoms with Crippen molar-refractivity contribution < 1.29 is 17.9 Å². The van der Waals surface area contributed by atoms with Gasteiger partial charge in [-0.25, -0.2) is 23.5 Å². The number of nitrogens with one attached hydrogen (secondary N) is 1. The van der Waals surface area contributed by atoms with E-state index in [4.69, 9.17) is 10.00 Å². The Morgan fingerprint density at radius 3 is 2.71 bits per heavy atom. The second-order valence-corrected chi connectivity index (χ2v) is 7.17. The summed E-state index contributed by atoms with van der Waals surface area (Å²) in [5.74, 6) is 1.74. The van der Waals surface area contributed by atoms with Gasteiger partial charge in [0.2, 0.25) is 16.0 Å². The lowest BCUT2D eigenvalue weighted by Gasteiger charge is -2.28. The number of sulfonamides is 1. The van der Waals surface area contributed by atoms with E-state index in [0.29, 0.717) is 31.7 Å². The number of nitrogens with zero attached hydrogens (tertiary/aromatic N) is 4. The molecule has 0 aliphatic carbocycles. The van der Waals surface area contributed by atoms with Gasteiger partial charge in [-0.05, 0) is 19.6 Å². The molecule has 1 aliphatic heterocycles. The van der Waals surface area contributed by atoms with E-state index in [-0.39, 0.29) is 24.7 Å². The lowest BCUT2D eigenvalue weighted by molar-refractivity contribution is 0.0527. The Hall–Kier alpha value is -2.35. The highest BCUT2D eigenvalue weighted by Gasteiger charge is 2.26. The zero-order valence-corrected chi connectivity index (χ0v) is 14.3. The molecular formula is C13H18BN5O4S. The second-order valence-electron chi connectivity index (χ2n) is 5.42. The highest BCUT2D eigenvalue weighted by molar-refractivity contribution is 7.92. The first-order valence-electron chi connectivity index (χ1n) is 7.50. The van der Waals surface area contributed by atoms with Crippen molar-refractivity contribution in [3.05, 3.63) is 11.8 Å². The molecule has 0 saturated carbocycles. The fraction of sp³-hybridized carbons (Fsp3) is 0.538. The minimum Gasteiger partial charge on any atom is -0.462 e. The second kappa shape index (κ2) is 7.48. The normalized spacial score (nSPS) is 14.9. The van der Waals surface area contributed by atoms with Crippen LogP contribution in [0.5, 0.6) is 0 Å². The SMILES string of the molecule is CCOC(=O)c1cnc(N2CCB(C#N)CC2)nc1NS(C)(=O)=O. The smallest absolute Gasteiger partial charge is 0.343 e. The van der Waals surface area contributed by atoms with Gasteiger partial charge in [0.1, 0.15) is 5.56 Å². The van der Waals surface area contributed by atoms with Crippen LogP contribution in [-0.4, -0.2) is 57.0 Å². The highest BCUT2D eigenvalue weighted by Crippen LogP contribution is 2.21. The van der Waals surface area contributed by atoms with Gasteiger partial charge < -0.3 is 9.64 Å². The predicted octanol–water partition coefficient (Wildman–Crippen LogP) is 0.402. The van der Waals surface area contributed by atoms with Crippen molar-refractivity contribution in [1.82, 2.24) is 9.97 Å². The standard InChI is InChI=1S/C13H18BN5O4S/c1-3-23-12(20)10-8-16-13(17-11(10)18-24(2,21)22)19-6-4-14(9-15)5-7-19/h8H,3-7H2,1-2H3,(H,16,17,18). The Morgan fingerprint density at radius 2 is 2.17 bits per heavy atom. The fourth-order valence-electron chi connectivity index (χ4n) is 2.35. The lowest BCUT2D eigenvalue weighted by Crippen LogP contribution is -2.37. The number of ether oxygens (including phenoxy) is 1. The van der Waals surface area contributed by atoms with Gasteiger partial charge in [-0.2, -0.15) is 4.98 Å². The monoisotopic (exact) mass is 351 g/mol. The van der Waals surface area contributed by atoms with Crippen molar-refractivity contribution in [3.8, 4) is 5.97 Å². The third-order valence-corrected chi connectivity index (χ3v) is 4.08. The van der Waals surface area contributed by atoms with Crippen LogP contribution in [-0.2, 0) is 14.8 Å². The van der Waals surface area contributed by atoms with Crippen LogP contribution in [0.4, 0.5) is 11.8 Å². The average Bonchev–Trinajstić information content (AvgIpc) is 2.53. The van der Waals surface area contributed by atoms with Crippen molar-refractivity contribution in [2.75, 3.05) is 35.6 Å². The fourth-order valence-corrected chi connectivity index (χ4v) is 2.85. The van der Waals surface area contributed by atoms with E-state index >= 15 is 0 Å². The van der Waals surface area contributed by atoms with Crippen LogP contribution in [0.25, 0.3) is 0 Å². The first-order chi connectivity index (χ1) is 11.3. The maximum atomic E-state index is 11.9. The molecule has 0 bridgehead atoms. The molecule has 11 heteroatoms. The molecule has 0 unspecified atom stereocenters. The summed E-state index contributed by atoms with van der Waals surface area (Å²) in [6.07, 6.45) is 3.61. The molecule has 2 rings (SSSR count). The molecular weight excluding hydrogens is 333 g/mol. The summed E-state index contributed by atoms with van der Waals surface area (Å²) in [5, 5.41) is 8.94. The lowest BCUT2D eigenvalue weighted by atomic mass is 9.45. The van der Waals surface area contributed by atoms with E-state index in [9.17, 15) is 13.2 Å². The molecule has 1 N–H and O–H groups in total. The highest BCUT2D eigenvalue weighted by atomic mass is 32.2. The summed E-state index contributed by atoms with van der Waals surface area (Å²) < 4.78 is 30.2. The maximum absolute atomic E-state index is 11.9. The molecule has 0 amide bonds.